The maximum atomic E-state index is 12.4. The number of carbonyl (C=O) groups is 2. The van der Waals surface area contributed by atoms with Crippen LogP contribution in [0.4, 0.5) is 4.79 Å². The topological polar surface area (TPSA) is 77.7 Å². The molecule has 2 aromatic rings. The van der Waals surface area contributed by atoms with Gasteiger partial charge in [0.1, 0.15) is 11.3 Å². The number of carbonyl (C=O) groups excluding carboxylic acids is 2. The highest BCUT2D eigenvalue weighted by molar-refractivity contribution is 9.10. The fourth-order valence-corrected chi connectivity index (χ4v) is 3.49. The summed E-state index contributed by atoms with van der Waals surface area (Å²) in [4.78, 5) is 31.6. The summed E-state index contributed by atoms with van der Waals surface area (Å²) in [6.45, 7) is 9.75. The highest BCUT2D eigenvalue weighted by Crippen LogP contribution is 2.20. The lowest BCUT2D eigenvalue weighted by Crippen LogP contribution is -2.51. The summed E-state index contributed by atoms with van der Waals surface area (Å²) in [6.07, 6.45) is -0.258. The number of nitrogens with one attached hydrogen (secondary N) is 2. The zero-order valence-corrected chi connectivity index (χ0v) is 18.1. The number of amides is 2. The minimum absolute atomic E-state index is 0.111. The van der Waals surface area contributed by atoms with E-state index >= 15 is 0 Å². The molecule has 28 heavy (non-hydrogen) atoms. The van der Waals surface area contributed by atoms with Gasteiger partial charge in [0, 0.05) is 54.6 Å². The van der Waals surface area contributed by atoms with E-state index in [1.54, 1.807) is 4.90 Å². The molecule has 1 aromatic heterocycles. The number of H-pyrrole nitrogens is 1. The second-order valence-corrected chi connectivity index (χ2v) is 8.90. The number of rotatable bonds is 4. The largest absolute Gasteiger partial charge is 0.444 e. The third-order valence-corrected chi connectivity index (χ3v) is 5.06. The van der Waals surface area contributed by atoms with E-state index in [9.17, 15) is 9.59 Å². The summed E-state index contributed by atoms with van der Waals surface area (Å²) in [6, 6.07) is 7.73. The molecule has 8 heteroatoms. The minimum atomic E-state index is -0.475. The first-order valence-electron chi connectivity index (χ1n) is 9.48. The number of aromatic amines is 1. The van der Waals surface area contributed by atoms with Crippen LogP contribution < -0.4 is 5.32 Å². The predicted octanol–water partition coefficient (Wildman–Crippen LogP) is 3.21. The van der Waals surface area contributed by atoms with E-state index in [2.05, 4.69) is 31.1 Å². The van der Waals surface area contributed by atoms with Crippen LogP contribution in [0.1, 0.15) is 31.3 Å². The average Bonchev–Trinajstić information content (AvgIpc) is 3.04. The predicted molar refractivity (Wildman–Crippen MR) is 113 cm³/mol. The summed E-state index contributed by atoms with van der Waals surface area (Å²) in [5.41, 5.74) is 1.01. The van der Waals surface area contributed by atoms with Gasteiger partial charge in [-0.05, 0) is 39.0 Å². The first-order chi connectivity index (χ1) is 13.2. The quantitative estimate of drug-likeness (QED) is 0.749. The molecule has 7 nitrogen and oxygen atoms in total. The van der Waals surface area contributed by atoms with Crippen molar-refractivity contribution < 1.29 is 14.3 Å². The molecule has 2 heterocycles. The number of fused-ring (bicyclic) bond motifs is 1. The summed E-state index contributed by atoms with van der Waals surface area (Å²) < 4.78 is 6.38. The lowest BCUT2D eigenvalue weighted by atomic mass is 10.2. The molecule has 0 atom stereocenters. The Bertz CT molecular complexity index is 851. The molecule has 0 radical (unpaired) electrons. The molecule has 0 spiro atoms. The van der Waals surface area contributed by atoms with Crippen molar-refractivity contribution in [3.63, 3.8) is 0 Å². The number of halogens is 1. The van der Waals surface area contributed by atoms with Crippen LogP contribution >= 0.6 is 15.9 Å². The molecule has 1 fully saturated rings. The Hall–Kier alpha value is -2.06. The number of benzene rings is 1. The van der Waals surface area contributed by atoms with Crippen LogP contribution in [-0.2, 0) is 4.74 Å². The maximum Gasteiger partial charge on any atom is 0.410 e. The third-order valence-electron chi connectivity index (χ3n) is 4.57. The van der Waals surface area contributed by atoms with Crippen LogP contribution in [0.3, 0.4) is 0 Å². The van der Waals surface area contributed by atoms with E-state index in [0.29, 0.717) is 25.3 Å². The molecule has 0 unspecified atom stereocenters. The van der Waals surface area contributed by atoms with Crippen molar-refractivity contribution in [2.75, 3.05) is 39.3 Å². The van der Waals surface area contributed by atoms with Gasteiger partial charge in [-0.3, -0.25) is 9.69 Å². The van der Waals surface area contributed by atoms with Crippen LogP contribution in [-0.4, -0.2) is 71.7 Å². The Balaban J connectivity index is 1.42. The maximum absolute atomic E-state index is 12.4. The minimum Gasteiger partial charge on any atom is -0.444 e. The van der Waals surface area contributed by atoms with Gasteiger partial charge in [0.05, 0.1) is 0 Å². The fraction of sp³-hybridized carbons (Fsp3) is 0.500. The first kappa shape index (κ1) is 20.7. The first-order valence-corrected chi connectivity index (χ1v) is 10.3. The Morgan fingerprint density at radius 2 is 1.89 bits per heavy atom. The Morgan fingerprint density at radius 3 is 2.57 bits per heavy atom. The van der Waals surface area contributed by atoms with Crippen LogP contribution in [0.5, 0.6) is 0 Å². The lowest BCUT2D eigenvalue weighted by molar-refractivity contribution is 0.0147. The molecule has 0 aliphatic carbocycles. The van der Waals surface area contributed by atoms with Gasteiger partial charge >= 0.3 is 6.09 Å². The lowest BCUT2D eigenvalue weighted by Gasteiger charge is -2.35. The van der Waals surface area contributed by atoms with Crippen LogP contribution in [0.15, 0.2) is 28.7 Å². The van der Waals surface area contributed by atoms with Crippen molar-refractivity contribution in [1.29, 1.82) is 0 Å². The van der Waals surface area contributed by atoms with Gasteiger partial charge in [-0.1, -0.05) is 22.0 Å². The number of ether oxygens (including phenoxy) is 1. The Labute approximate surface area is 173 Å². The van der Waals surface area contributed by atoms with E-state index in [1.807, 2.05) is 45.0 Å². The molecule has 152 valence electrons. The van der Waals surface area contributed by atoms with Gasteiger partial charge < -0.3 is 19.9 Å². The number of hydrogen-bond donors (Lipinski definition) is 2. The molecule has 1 aromatic carbocycles. The summed E-state index contributed by atoms with van der Waals surface area (Å²) in [7, 11) is 0. The molecule has 1 saturated heterocycles. The SMILES string of the molecule is CC(C)(C)OC(=O)N1CCN(CCNC(=O)c2cc3ccc(Br)cc3[nH]2)CC1. The molecule has 1 aliphatic heterocycles. The number of hydrogen-bond acceptors (Lipinski definition) is 4. The Kier molecular flexibility index (Phi) is 6.30. The smallest absolute Gasteiger partial charge is 0.410 e. The zero-order chi connectivity index (χ0) is 20.3. The fourth-order valence-electron chi connectivity index (χ4n) is 3.12. The average molecular weight is 451 g/mol. The van der Waals surface area contributed by atoms with Crippen LogP contribution in [0.25, 0.3) is 10.9 Å². The number of piperazine rings is 1. The standard InChI is InChI=1S/C20H27BrN4O3/c1-20(2,3)28-19(27)25-10-8-24(9-11-25)7-6-22-18(26)17-12-14-4-5-15(21)13-16(14)23-17/h4-5,12-13,23H,6-11H2,1-3H3,(H,22,26). The van der Waals surface area contributed by atoms with E-state index in [0.717, 1.165) is 35.0 Å². The highest BCUT2D eigenvalue weighted by Gasteiger charge is 2.25. The molecule has 0 bridgehead atoms. The van der Waals surface area contributed by atoms with Gasteiger partial charge in [0.2, 0.25) is 0 Å². The second kappa shape index (κ2) is 8.53. The number of nitrogens with zero attached hydrogens (tertiary/aromatic N) is 2. The Morgan fingerprint density at radius 1 is 1.18 bits per heavy atom. The molecule has 2 N–H and O–H groups in total. The summed E-state index contributed by atoms with van der Waals surface area (Å²) in [5, 5.41) is 3.96. The van der Waals surface area contributed by atoms with E-state index in [4.69, 9.17) is 4.74 Å². The monoisotopic (exact) mass is 450 g/mol. The van der Waals surface area contributed by atoms with Crippen molar-refractivity contribution in [2.45, 2.75) is 26.4 Å². The van der Waals surface area contributed by atoms with Crippen molar-refractivity contribution in [1.82, 2.24) is 20.1 Å². The third kappa shape index (κ3) is 5.48. The molecular formula is C20H27BrN4O3. The molecule has 0 saturated carbocycles. The van der Waals surface area contributed by atoms with E-state index in [1.165, 1.54) is 0 Å². The molecule has 2 amide bonds. The van der Waals surface area contributed by atoms with Crippen molar-refractivity contribution >= 4 is 38.8 Å². The van der Waals surface area contributed by atoms with Crippen molar-refractivity contribution in [3.8, 4) is 0 Å². The van der Waals surface area contributed by atoms with Gasteiger partial charge in [-0.25, -0.2) is 4.79 Å². The van der Waals surface area contributed by atoms with Crippen molar-refractivity contribution in [2.24, 2.45) is 0 Å². The van der Waals surface area contributed by atoms with Gasteiger partial charge in [0.15, 0.2) is 0 Å². The van der Waals surface area contributed by atoms with Gasteiger partial charge in [0.25, 0.3) is 5.91 Å². The van der Waals surface area contributed by atoms with Gasteiger partial charge in [-0.2, -0.15) is 0 Å². The molecule has 1 aliphatic rings. The zero-order valence-electron chi connectivity index (χ0n) is 16.5. The highest BCUT2D eigenvalue weighted by atomic mass is 79.9. The normalized spacial score (nSPS) is 15.6. The molecule has 3 rings (SSSR count). The van der Waals surface area contributed by atoms with E-state index < -0.39 is 5.60 Å². The summed E-state index contributed by atoms with van der Waals surface area (Å²) in [5.74, 6) is -0.111. The molecular weight excluding hydrogens is 424 g/mol. The van der Waals surface area contributed by atoms with Crippen LogP contribution in [0.2, 0.25) is 0 Å². The second-order valence-electron chi connectivity index (χ2n) is 7.98. The summed E-state index contributed by atoms with van der Waals surface area (Å²) >= 11 is 3.43. The van der Waals surface area contributed by atoms with Crippen molar-refractivity contribution in [3.05, 3.63) is 34.4 Å². The van der Waals surface area contributed by atoms with E-state index in [-0.39, 0.29) is 12.0 Å². The van der Waals surface area contributed by atoms with Crippen LogP contribution in [0, 0.1) is 0 Å². The van der Waals surface area contributed by atoms with Gasteiger partial charge in [-0.15, -0.1) is 0 Å². The number of aromatic nitrogens is 1.